The molecular formula is C19H23NO. The second-order valence-corrected chi connectivity index (χ2v) is 5.88. The molecular weight excluding hydrogens is 258 g/mol. The Bertz CT molecular complexity index is 563. The summed E-state index contributed by atoms with van der Waals surface area (Å²) in [6.07, 6.45) is 2.73. The van der Waals surface area contributed by atoms with Crippen molar-refractivity contribution in [2.45, 2.75) is 38.5 Å². The Labute approximate surface area is 127 Å². The largest absolute Gasteiger partial charge is 0.368 e. The molecule has 1 unspecified atom stereocenters. The molecule has 0 radical (unpaired) electrons. The molecule has 0 aliphatic heterocycles. The van der Waals surface area contributed by atoms with Gasteiger partial charge in [-0.3, -0.25) is 0 Å². The fourth-order valence-electron chi connectivity index (χ4n) is 2.48. The fraction of sp³-hybridized carbons (Fsp3) is 0.368. The zero-order chi connectivity index (χ0) is 14.5. The third kappa shape index (κ3) is 4.42. The molecule has 1 N–H and O–H groups in total. The maximum atomic E-state index is 6.18. The Kier molecular flexibility index (Phi) is 4.69. The van der Waals surface area contributed by atoms with Crippen LogP contribution in [0.1, 0.15) is 35.6 Å². The first-order valence-electron chi connectivity index (χ1n) is 7.77. The van der Waals surface area contributed by atoms with Crippen molar-refractivity contribution >= 4 is 0 Å². The standard InChI is InChI=1S/C19H23NO/c1-15-6-5-9-17(12-15)19(13-20-18-10-11-18)21-14-16-7-3-2-4-8-16/h2-9,12,18-20H,10-11,13-14H2,1H3. The Hall–Kier alpha value is -1.64. The lowest BCUT2D eigenvalue weighted by Crippen LogP contribution is -2.25. The molecule has 0 heterocycles. The summed E-state index contributed by atoms with van der Waals surface area (Å²) in [4.78, 5) is 0. The van der Waals surface area contributed by atoms with Gasteiger partial charge in [-0.05, 0) is 30.9 Å². The van der Waals surface area contributed by atoms with Crippen LogP contribution in [0.15, 0.2) is 54.6 Å². The van der Waals surface area contributed by atoms with Gasteiger partial charge in [0.2, 0.25) is 0 Å². The van der Waals surface area contributed by atoms with Crippen LogP contribution in [0.25, 0.3) is 0 Å². The number of hydrogen-bond donors (Lipinski definition) is 1. The van der Waals surface area contributed by atoms with Crippen LogP contribution >= 0.6 is 0 Å². The minimum atomic E-state index is 0.116. The number of rotatable bonds is 7. The molecule has 0 saturated heterocycles. The Balaban J connectivity index is 1.65. The molecule has 0 aromatic heterocycles. The lowest BCUT2D eigenvalue weighted by Gasteiger charge is -2.19. The van der Waals surface area contributed by atoms with Crippen LogP contribution in [0.3, 0.4) is 0 Å². The monoisotopic (exact) mass is 281 g/mol. The molecule has 2 heteroatoms. The average Bonchev–Trinajstić information content (AvgIpc) is 3.32. The molecule has 1 fully saturated rings. The van der Waals surface area contributed by atoms with E-state index in [-0.39, 0.29) is 6.10 Å². The van der Waals surface area contributed by atoms with Crippen molar-refractivity contribution < 1.29 is 4.74 Å². The van der Waals surface area contributed by atoms with Gasteiger partial charge < -0.3 is 10.1 Å². The third-order valence-electron chi connectivity index (χ3n) is 3.88. The molecule has 110 valence electrons. The lowest BCUT2D eigenvalue weighted by atomic mass is 10.1. The fourth-order valence-corrected chi connectivity index (χ4v) is 2.48. The third-order valence-corrected chi connectivity index (χ3v) is 3.88. The average molecular weight is 281 g/mol. The SMILES string of the molecule is Cc1cccc(C(CNC2CC2)OCc2ccccc2)c1. The van der Waals surface area contributed by atoms with E-state index in [0.29, 0.717) is 12.6 Å². The smallest absolute Gasteiger partial charge is 0.0953 e. The quantitative estimate of drug-likeness (QED) is 0.828. The maximum absolute atomic E-state index is 6.18. The van der Waals surface area contributed by atoms with E-state index in [0.717, 1.165) is 6.54 Å². The summed E-state index contributed by atoms with van der Waals surface area (Å²) in [5.41, 5.74) is 3.77. The van der Waals surface area contributed by atoms with Gasteiger partial charge in [0.05, 0.1) is 12.7 Å². The molecule has 3 rings (SSSR count). The van der Waals surface area contributed by atoms with E-state index >= 15 is 0 Å². The molecule has 2 nitrogen and oxygen atoms in total. The summed E-state index contributed by atoms with van der Waals surface area (Å²) >= 11 is 0. The summed E-state index contributed by atoms with van der Waals surface area (Å²) in [6.45, 7) is 3.68. The molecule has 2 aromatic rings. The molecule has 2 aromatic carbocycles. The van der Waals surface area contributed by atoms with E-state index in [2.05, 4.69) is 60.8 Å². The van der Waals surface area contributed by atoms with Crippen molar-refractivity contribution in [1.82, 2.24) is 5.32 Å². The molecule has 0 spiro atoms. The molecule has 0 bridgehead atoms. The number of aryl methyl sites for hydroxylation is 1. The lowest BCUT2D eigenvalue weighted by molar-refractivity contribution is 0.0395. The molecule has 21 heavy (non-hydrogen) atoms. The zero-order valence-corrected chi connectivity index (χ0v) is 12.6. The minimum absolute atomic E-state index is 0.116. The van der Waals surface area contributed by atoms with Gasteiger partial charge in [-0.15, -0.1) is 0 Å². The van der Waals surface area contributed by atoms with Crippen molar-refractivity contribution in [2.24, 2.45) is 0 Å². The van der Waals surface area contributed by atoms with Gasteiger partial charge >= 0.3 is 0 Å². The van der Waals surface area contributed by atoms with Gasteiger partial charge in [0.1, 0.15) is 0 Å². The van der Waals surface area contributed by atoms with Crippen molar-refractivity contribution in [1.29, 1.82) is 0 Å². The normalized spacial score (nSPS) is 15.9. The van der Waals surface area contributed by atoms with Gasteiger partial charge in [0.25, 0.3) is 0 Å². The Morgan fingerprint density at radius 3 is 2.62 bits per heavy atom. The highest BCUT2D eigenvalue weighted by molar-refractivity contribution is 5.24. The summed E-state index contributed by atoms with van der Waals surface area (Å²) in [5.74, 6) is 0. The summed E-state index contributed by atoms with van der Waals surface area (Å²) in [6, 6.07) is 19.7. The summed E-state index contributed by atoms with van der Waals surface area (Å²) in [5, 5.41) is 3.59. The first-order chi connectivity index (χ1) is 10.3. The van der Waals surface area contributed by atoms with Crippen molar-refractivity contribution in [2.75, 3.05) is 6.54 Å². The first-order valence-corrected chi connectivity index (χ1v) is 7.77. The second kappa shape index (κ2) is 6.88. The van der Waals surface area contributed by atoms with Crippen LogP contribution in [-0.2, 0) is 11.3 Å². The van der Waals surface area contributed by atoms with Crippen molar-refractivity contribution in [3.05, 3.63) is 71.3 Å². The van der Waals surface area contributed by atoms with Crippen LogP contribution in [0, 0.1) is 6.92 Å². The molecule has 1 saturated carbocycles. The molecule has 1 aliphatic carbocycles. The van der Waals surface area contributed by atoms with Gasteiger partial charge in [-0.2, -0.15) is 0 Å². The van der Waals surface area contributed by atoms with E-state index < -0.39 is 0 Å². The molecule has 1 atom stereocenters. The summed E-state index contributed by atoms with van der Waals surface area (Å²) < 4.78 is 6.18. The predicted molar refractivity (Wildman–Crippen MR) is 86.2 cm³/mol. The van der Waals surface area contributed by atoms with E-state index in [1.165, 1.54) is 29.5 Å². The van der Waals surface area contributed by atoms with Gasteiger partial charge in [-0.25, -0.2) is 0 Å². The van der Waals surface area contributed by atoms with Crippen LogP contribution in [0.5, 0.6) is 0 Å². The highest BCUT2D eigenvalue weighted by Gasteiger charge is 2.22. The minimum Gasteiger partial charge on any atom is -0.368 e. The van der Waals surface area contributed by atoms with Crippen LogP contribution < -0.4 is 5.32 Å². The molecule has 1 aliphatic rings. The van der Waals surface area contributed by atoms with Crippen molar-refractivity contribution in [3.63, 3.8) is 0 Å². The Morgan fingerprint density at radius 1 is 1.10 bits per heavy atom. The van der Waals surface area contributed by atoms with Gasteiger partial charge in [0, 0.05) is 12.6 Å². The van der Waals surface area contributed by atoms with Crippen LogP contribution in [-0.4, -0.2) is 12.6 Å². The maximum Gasteiger partial charge on any atom is 0.0953 e. The van der Waals surface area contributed by atoms with E-state index in [1.54, 1.807) is 0 Å². The highest BCUT2D eigenvalue weighted by Crippen LogP contribution is 2.23. The van der Waals surface area contributed by atoms with Gasteiger partial charge in [0.15, 0.2) is 0 Å². The molecule has 0 amide bonds. The van der Waals surface area contributed by atoms with Gasteiger partial charge in [-0.1, -0.05) is 60.2 Å². The second-order valence-electron chi connectivity index (χ2n) is 5.88. The number of hydrogen-bond acceptors (Lipinski definition) is 2. The Morgan fingerprint density at radius 2 is 1.90 bits per heavy atom. The van der Waals surface area contributed by atoms with E-state index in [9.17, 15) is 0 Å². The van der Waals surface area contributed by atoms with E-state index in [1.807, 2.05) is 6.07 Å². The zero-order valence-electron chi connectivity index (χ0n) is 12.6. The number of ether oxygens (including phenoxy) is 1. The highest BCUT2D eigenvalue weighted by atomic mass is 16.5. The van der Waals surface area contributed by atoms with E-state index in [4.69, 9.17) is 4.74 Å². The van der Waals surface area contributed by atoms with Crippen molar-refractivity contribution in [3.8, 4) is 0 Å². The topological polar surface area (TPSA) is 21.3 Å². The number of benzene rings is 2. The number of nitrogens with one attached hydrogen (secondary N) is 1. The van der Waals surface area contributed by atoms with Crippen LogP contribution in [0.2, 0.25) is 0 Å². The van der Waals surface area contributed by atoms with Crippen LogP contribution in [0.4, 0.5) is 0 Å². The summed E-state index contributed by atoms with van der Waals surface area (Å²) in [7, 11) is 0. The first kappa shape index (κ1) is 14.3. The predicted octanol–water partition coefficient (Wildman–Crippen LogP) is 4.00.